The molecule has 0 aromatic heterocycles. The quantitative estimate of drug-likeness (QED) is 0.872. The number of hydrogen-bond acceptors (Lipinski definition) is 3. The van der Waals surface area contributed by atoms with Crippen molar-refractivity contribution in [3.8, 4) is 0 Å². The molecule has 0 aliphatic heterocycles. The molecule has 2 unspecified atom stereocenters. The van der Waals surface area contributed by atoms with Crippen molar-refractivity contribution in [2.45, 2.75) is 31.8 Å². The lowest BCUT2D eigenvalue weighted by Gasteiger charge is -2.12. The summed E-state index contributed by atoms with van der Waals surface area (Å²) in [6, 6.07) is 7.48. The first-order valence-corrected chi connectivity index (χ1v) is 7.31. The Kier molecular flexibility index (Phi) is 4.96. The lowest BCUT2D eigenvalue weighted by Crippen LogP contribution is -2.30. The minimum absolute atomic E-state index is 0.0227. The van der Waals surface area contributed by atoms with Gasteiger partial charge in [0.2, 0.25) is 5.91 Å². The lowest BCUT2D eigenvalue weighted by atomic mass is 10.1. The molecule has 1 aromatic rings. The summed E-state index contributed by atoms with van der Waals surface area (Å²) < 4.78 is 0. The van der Waals surface area contributed by atoms with Gasteiger partial charge in [-0.25, -0.2) is 0 Å². The molecular formula is C16H23N3O2. The summed E-state index contributed by atoms with van der Waals surface area (Å²) in [5.74, 6) is 0.108. The van der Waals surface area contributed by atoms with Crippen LogP contribution in [0.1, 0.15) is 35.2 Å². The highest BCUT2D eigenvalue weighted by atomic mass is 16.2. The van der Waals surface area contributed by atoms with Gasteiger partial charge in [0.25, 0.3) is 5.91 Å². The van der Waals surface area contributed by atoms with Gasteiger partial charge in [-0.05, 0) is 37.0 Å². The second-order valence-electron chi connectivity index (χ2n) is 5.88. The van der Waals surface area contributed by atoms with E-state index < -0.39 is 0 Å². The standard InChI is InChI=1S/C16H23N3O2/c1-19(2)16(21)12-5-3-11(4-6-12)10-18-15(20)13-7-8-14(17)9-13/h3-6,13-14H,7-10,17H2,1-2H3,(H,18,20). The van der Waals surface area contributed by atoms with Crippen LogP contribution in [0.5, 0.6) is 0 Å². The Morgan fingerprint density at radius 3 is 2.43 bits per heavy atom. The van der Waals surface area contributed by atoms with Crippen molar-refractivity contribution in [3.05, 3.63) is 35.4 Å². The summed E-state index contributed by atoms with van der Waals surface area (Å²) in [5, 5.41) is 2.94. The highest BCUT2D eigenvalue weighted by molar-refractivity contribution is 5.93. The van der Waals surface area contributed by atoms with Crippen LogP contribution in [0, 0.1) is 5.92 Å². The van der Waals surface area contributed by atoms with Gasteiger partial charge in [-0.1, -0.05) is 12.1 Å². The molecule has 0 bridgehead atoms. The van der Waals surface area contributed by atoms with Gasteiger partial charge in [0, 0.05) is 38.2 Å². The molecule has 1 aromatic carbocycles. The smallest absolute Gasteiger partial charge is 0.253 e. The van der Waals surface area contributed by atoms with E-state index in [1.807, 2.05) is 12.1 Å². The van der Waals surface area contributed by atoms with Crippen molar-refractivity contribution in [1.82, 2.24) is 10.2 Å². The van der Waals surface area contributed by atoms with Gasteiger partial charge >= 0.3 is 0 Å². The molecule has 0 radical (unpaired) electrons. The Labute approximate surface area is 125 Å². The number of benzene rings is 1. The molecule has 1 aliphatic carbocycles. The van der Waals surface area contributed by atoms with Gasteiger partial charge in [0.05, 0.1) is 0 Å². The molecule has 2 amide bonds. The third kappa shape index (κ3) is 4.04. The first kappa shape index (κ1) is 15.5. The van der Waals surface area contributed by atoms with Crippen molar-refractivity contribution in [3.63, 3.8) is 0 Å². The minimum Gasteiger partial charge on any atom is -0.352 e. The maximum atomic E-state index is 12.0. The zero-order chi connectivity index (χ0) is 15.4. The third-order valence-corrected chi connectivity index (χ3v) is 3.92. The number of carbonyl (C=O) groups is 2. The molecule has 114 valence electrons. The molecule has 2 rings (SSSR count). The van der Waals surface area contributed by atoms with Crippen LogP contribution >= 0.6 is 0 Å². The van der Waals surface area contributed by atoms with Gasteiger partial charge in [-0.2, -0.15) is 0 Å². The molecule has 0 spiro atoms. The van der Waals surface area contributed by atoms with Crippen molar-refractivity contribution in [1.29, 1.82) is 0 Å². The molecule has 0 heterocycles. The third-order valence-electron chi connectivity index (χ3n) is 3.92. The SMILES string of the molecule is CN(C)C(=O)c1ccc(CNC(=O)C2CCC(N)C2)cc1. The van der Waals surface area contributed by atoms with Gasteiger partial charge in [-0.3, -0.25) is 9.59 Å². The van der Waals surface area contributed by atoms with E-state index in [9.17, 15) is 9.59 Å². The summed E-state index contributed by atoms with van der Waals surface area (Å²) in [6.45, 7) is 0.487. The summed E-state index contributed by atoms with van der Waals surface area (Å²) in [5.41, 5.74) is 7.46. The Hall–Kier alpha value is -1.88. The Bertz CT molecular complexity index is 511. The molecule has 2 atom stereocenters. The monoisotopic (exact) mass is 289 g/mol. The number of hydrogen-bond donors (Lipinski definition) is 2. The predicted molar refractivity (Wildman–Crippen MR) is 81.6 cm³/mol. The second kappa shape index (κ2) is 6.72. The molecule has 21 heavy (non-hydrogen) atoms. The number of nitrogens with zero attached hydrogens (tertiary/aromatic N) is 1. The number of amides is 2. The van der Waals surface area contributed by atoms with E-state index >= 15 is 0 Å². The van der Waals surface area contributed by atoms with Crippen molar-refractivity contribution >= 4 is 11.8 Å². The van der Waals surface area contributed by atoms with Crippen LogP contribution < -0.4 is 11.1 Å². The van der Waals surface area contributed by atoms with E-state index in [0.29, 0.717) is 12.1 Å². The first-order valence-electron chi connectivity index (χ1n) is 7.31. The fourth-order valence-corrected chi connectivity index (χ4v) is 2.61. The van der Waals surface area contributed by atoms with Crippen LogP contribution in [-0.4, -0.2) is 36.9 Å². The van der Waals surface area contributed by atoms with E-state index in [4.69, 9.17) is 5.73 Å². The van der Waals surface area contributed by atoms with E-state index in [1.165, 1.54) is 0 Å². The number of rotatable bonds is 4. The van der Waals surface area contributed by atoms with Gasteiger partial charge in [-0.15, -0.1) is 0 Å². The minimum atomic E-state index is -0.0227. The van der Waals surface area contributed by atoms with E-state index in [0.717, 1.165) is 24.8 Å². The molecular weight excluding hydrogens is 266 g/mol. The zero-order valence-corrected chi connectivity index (χ0v) is 12.6. The predicted octanol–water partition coefficient (Wildman–Crippen LogP) is 1.13. The van der Waals surface area contributed by atoms with E-state index in [-0.39, 0.29) is 23.8 Å². The molecule has 1 aliphatic rings. The lowest BCUT2D eigenvalue weighted by molar-refractivity contribution is -0.125. The fraction of sp³-hybridized carbons (Fsp3) is 0.500. The summed E-state index contributed by atoms with van der Waals surface area (Å²) >= 11 is 0. The highest BCUT2D eigenvalue weighted by Gasteiger charge is 2.27. The topological polar surface area (TPSA) is 75.4 Å². The highest BCUT2D eigenvalue weighted by Crippen LogP contribution is 2.24. The van der Waals surface area contributed by atoms with Crippen LogP contribution in [0.25, 0.3) is 0 Å². The number of nitrogens with two attached hydrogens (primary N) is 1. The Morgan fingerprint density at radius 2 is 1.90 bits per heavy atom. The number of nitrogens with one attached hydrogen (secondary N) is 1. The number of carbonyl (C=O) groups excluding carboxylic acids is 2. The first-order chi connectivity index (χ1) is 9.97. The van der Waals surface area contributed by atoms with Gasteiger partial charge < -0.3 is 16.0 Å². The average Bonchev–Trinajstić information content (AvgIpc) is 2.91. The van der Waals surface area contributed by atoms with E-state index in [2.05, 4.69) is 5.32 Å². The Morgan fingerprint density at radius 1 is 1.24 bits per heavy atom. The largest absolute Gasteiger partial charge is 0.352 e. The maximum Gasteiger partial charge on any atom is 0.253 e. The molecule has 5 heteroatoms. The van der Waals surface area contributed by atoms with Crippen LogP contribution in [-0.2, 0) is 11.3 Å². The van der Waals surface area contributed by atoms with Crippen molar-refractivity contribution in [2.75, 3.05) is 14.1 Å². The molecule has 1 saturated carbocycles. The average molecular weight is 289 g/mol. The molecule has 5 nitrogen and oxygen atoms in total. The summed E-state index contributed by atoms with van der Waals surface area (Å²) in [4.78, 5) is 25.3. The van der Waals surface area contributed by atoms with Crippen LogP contribution in [0.15, 0.2) is 24.3 Å². The summed E-state index contributed by atoms with van der Waals surface area (Å²) in [7, 11) is 3.45. The van der Waals surface area contributed by atoms with Gasteiger partial charge in [0.15, 0.2) is 0 Å². The van der Waals surface area contributed by atoms with Crippen LogP contribution in [0.3, 0.4) is 0 Å². The van der Waals surface area contributed by atoms with Crippen molar-refractivity contribution < 1.29 is 9.59 Å². The van der Waals surface area contributed by atoms with Gasteiger partial charge in [0.1, 0.15) is 0 Å². The molecule has 1 fully saturated rings. The maximum absolute atomic E-state index is 12.0. The fourth-order valence-electron chi connectivity index (χ4n) is 2.61. The second-order valence-corrected chi connectivity index (χ2v) is 5.88. The normalized spacial score (nSPS) is 21.1. The van der Waals surface area contributed by atoms with Crippen LogP contribution in [0.4, 0.5) is 0 Å². The Balaban J connectivity index is 1.86. The van der Waals surface area contributed by atoms with E-state index in [1.54, 1.807) is 31.1 Å². The van der Waals surface area contributed by atoms with Crippen LogP contribution in [0.2, 0.25) is 0 Å². The molecule has 3 N–H and O–H groups in total. The van der Waals surface area contributed by atoms with Crippen molar-refractivity contribution in [2.24, 2.45) is 11.7 Å². The summed E-state index contributed by atoms with van der Waals surface area (Å²) in [6.07, 6.45) is 2.59. The molecule has 0 saturated heterocycles. The zero-order valence-electron chi connectivity index (χ0n) is 12.6.